The molecule has 0 aromatic heterocycles. The highest BCUT2D eigenvalue weighted by atomic mass is 32.2. The fourth-order valence-corrected chi connectivity index (χ4v) is 1.57. The molecule has 0 aliphatic heterocycles. The molecule has 0 spiro atoms. The lowest BCUT2D eigenvalue weighted by molar-refractivity contribution is 0.644. The zero-order chi connectivity index (χ0) is 15.0. The van der Waals surface area contributed by atoms with E-state index < -0.39 is 0 Å². The van der Waals surface area contributed by atoms with Gasteiger partial charge in [-0.05, 0) is 24.0 Å². The number of rotatable bonds is 4. The van der Waals surface area contributed by atoms with Gasteiger partial charge in [-0.1, -0.05) is 23.9 Å². The second kappa shape index (κ2) is 8.37. The normalized spacial score (nSPS) is 12.3. The molecule has 0 aliphatic rings. The Hall–Kier alpha value is -1.82. The summed E-state index contributed by atoms with van der Waals surface area (Å²) in [4.78, 5) is 8.12. The molecule has 1 aromatic rings. The Labute approximate surface area is 125 Å². The zero-order valence-electron chi connectivity index (χ0n) is 12.6. The quantitative estimate of drug-likeness (QED) is 0.486. The lowest BCUT2D eigenvalue weighted by Crippen LogP contribution is -2.08. The van der Waals surface area contributed by atoms with Crippen LogP contribution in [0.15, 0.2) is 39.5 Å². The predicted octanol–water partition coefficient (Wildman–Crippen LogP) is 2.40. The topological polar surface area (TPSA) is 43.6 Å². The molecule has 1 aromatic carbocycles. The van der Waals surface area contributed by atoms with Crippen LogP contribution in [0, 0.1) is 0 Å². The van der Waals surface area contributed by atoms with E-state index in [-0.39, 0.29) is 0 Å². The van der Waals surface area contributed by atoms with Crippen LogP contribution in [0.1, 0.15) is 5.56 Å². The lowest BCUT2D eigenvalue weighted by Gasteiger charge is -2.11. The maximum Gasteiger partial charge on any atom is 0.210 e. The van der Waals surface area contributed by atoms with Crippen LogP contribution in [0.3, 0.4) is 0 Å². The van der Waals surface area contributed by atoms with Gasteiger partial charge in [0, 0.05) is 33.9 Å². The van der Waals surface area contributed by atoms with Gasteiger partial charge in [0.15, 0.2) is 0 Å². The summed E-state index contributed by atoms with van der Waals surface area (Å²) < 4.78 is 0. The molecule has 0 N–H and O–H groups in total. The molecule has 0 fully saturated rings. The predicted molar refractivity (Wildman–Crippen MR) is 91.5 cm³/mol. The fraction of sp³-hybridized carbons (Fsp3) is 0.357. The van der Waals surface area contributed by atoms with Crippen molar-refractivity contribution in [2.45, 2.75) is 0 Å². The molecular formula is C14H21N5S. The van der Waals surface area contributed by atoms with Crippen molar-refractivity contribution in [1.82, 2.24) is 4.90 Å². The van der Waals surface area contributed by atoms with Gasteiger partial charge in [0.2, 0.25) is 5.17 Å². The van der Waals surface area contributed by atoms with Crippen LogP contribution in [-0.2, 0) is 0 Å². The molecule has 0 bridgehead atoms. The summed E-state index contributed by atoms with van der Waals surface area (Å²) >= 11 is 1.46. The maximum absolute atomic E-state index is 4.20. The minimum atomic E-state index is 0.625. The van der Waals surface area contributed by atoms with Crippen molar-refractivity contribution in [3.8, 4) is 0 Å². The Bertz CT molecular complexity index is 489. The third kappa shape index (κ3) is 5.88. The molecule has 0 aliphatic carbocycles. The Morgan fingerprint density at radius 1 is 1.10 bits per heavy atom. The first-order chi connectivity index (χ1) is 9.52. The SMILES string of the molecule is CS/C(N=CN(C)C)=N/N=C/c1ccc(N(C)C)cc1. The van der Waals surface area contributed by atoms with Gasteiger partial charge in [0.1, 0.15) is 0 Å². The molecule has 0 atom stereocenters. The summed E-state index contributed by atoms with van der Waals surface area (Å²) in [5, 5.41) is 8.77. The minimum absolute atomic E-state index is 0.625. The molecule has 0 radical (unpaired) electrons. The average molecular weight is 291 g/mol. The summed E-state index contributed by atoms with van der Waals surface area (Å²) in [6.07, 6.45) is 5.35. The van der Waals surface area contributed by atoms with Crippen molar-refractivity contribution in [2.75, 3.05) is 39.3 Å². The number of thioether (sulfide) groups is 1. The van der Waals surface area contributed by atoms with E-state index in [4.69, 9.17) is 0 Å². The Morgan fingerprint density at radius 2 is 1.75 bits per heavy atom. The molecule has 0 saturated carbocycles. The van der Waals surface area contributed by atoms with E-state index in [1.165, 1.54) is 11.8 Å². The number of amidine groups is 1. The number of anilines is 1. The van der Waals surface area contributed by atoms with E-state index in [1.807, 2.05) is 63.6 Å². The van der Waals surface area contributed by atoms with Crippen LogP contribution in [0.25, 0.3) is 0 Å². The Balaban J connectivity index is 2.71. The van der Waals surface area contributed by atoms with E-state index in [2.05, 4.69) is 20.1 Å². The molecule has 0 amide bonds. The van der Waals surface area contributed by atoms with Gasteiger partial charge in [-0.2, -0.15) is 5.10 Å². The van der Waals surface area contributed by atoms with E-state index in [9.17, 15) is 0 Å². The van der Waals surface area contributed by atoms with Crippen molar-refractivity contribution >= 4 is 35.2 Å². The van der Waals surface area contributed by atoms with Gasteiger partial charge >= 0.3 is 0 Å². The summed E-state index contributed by atoms with van der Waals surface area (Å²) in [5.74, 6) is 0. The summed E-state index contributed by atoms with van der Waals surface area (Å²) in [6, 6.07) is 8.11. The first kappa shape index (κ1) is 16.2. The van der Waals surface area contributed by atoms with Crippen LogP contribution in [0.5, 0.6) is 0 Å². The monoisotopic (exact) mass is 291 g/mol. The Kier molecular flexibility index (Phi) is 6.79. The molecule has 20 heavy (non-hydrogen) atoms. The average Bonchev–Trinajstić information content (AvgIpc) is 2.42. The van der Waals surface area contributed by atoms with Crippen molar-refractivity contribution in [1.29, 1.82) is 0 Å². The minimum Gasteiger partial charge on any atom is -0.378 e. The van der Waals surface area contributed by atoms with Crippen LogP contribution in [0.4, 0.5) is 5.69 Å². The first-order valence-electron chi connectivity index (χ1n) is 6.16. The van der Waals surface area contributed by atoms with Gasteiger partial charge in [-0.25, -0.2) is 4.99 Å². The Morgan fingerprint density at radius 3 is 2.25 bits per heavy atom. The fourth-order valence-electron chi connectivity index (χ4n) is 1.29. The number of benzene rings is 1. The number of hydrogen-bond donors (Lipinski definition) is 0. The third-order valence-corrected chi connectivity index (χ3v) is 2.89. The van der Waals surface area contributed by atoms with E-state index in [0.717, 1.165) is 11.3 Å². The second-order valence-corrected chi connectivity index (χ2v) is 5.30. The largest absolute Gasteiger partial charge is 0.378 e. The third-order valence-electron chi connectivity index (χ3n) is 2.34. The van der Waals surface area contributed by atoms with Crippen molar-refractivity contribution in [2.24, 2.45) is 15.2 Å². The van der Waals surface area contributed by atoms with Crippen molar-refractivity contribution in [3.63, 3.8) is 0 Å². The van der Waals surface area contributed by atoms with Crippen molar-refractivity contribution in [3.05, 3.63) is 29.8 Å². The molecule has 6 heteroatoms. The highest BCUT2D eigenvalue weighted by Gasteiger charge is 1.94. The molecule has 0 unspecified atom stereocenters. The standard InChI is InChI=1S/C14H21N5S/c1-18(2)11-15-14(20-5)17-16-10-12-6-8-13(9-7-12)19(3)4/h6-11H,1-5H3/b15-11?,16-10+,17-14+. The molecule has 0 heterocycles. The van der Waals surface area contributed by atoms with Crippen LogP contribution in [-0.4, -0.2) is 57.1 Å². The highest BCUT2D eigenvalue weighted by Crippen LogP contribution is 2.11. The second-order valence-electron chi connectivity index (χ2n) is 4.53. The lowest BCUT2D eigenvalue weighted by atomic mass is 10.2. The zero-order valence-corrected chi connectivity index (χ0v) is 13.4. The smallest absolute Gasteiger partial charge is 0.210 e. The van der Waals surface area contributed by atoms with Gasteiger partial charge < -0.3 is 9.80 Å². The van der Waals surface area contributed by atoms with E-state index in [0.29, 0.717) is 5.17 Å². The molecule has 108 valence electrons. The number of hydrogen-bond acceptors (Lipinski definition) is 4. The maximum atomic E-state index is 4.20. The molecule has 5 nitrogen and oxygen atoms in total. The molecular weight excluding hydrogens is 270 g/mol. The van der Waals surface area contributed by atoms with Crippen LogP contribution >= 0.6 is 11.8 Å². The molecule has 1 rings (SSSR count). The molecule has 0 saturated heterocycles. The van der Waals surface area contributed by atoms with Gasteiger partial charge in [-0.15, -0.1) is 5.10 Å². The van der Waals surface area contributed by atoms with Gasteiger partial charge in [0.25, 0.3) is 0 Å². The van der Waals surface area contributed by atoms with Crippen LogP contribution < -0.4 is 4.90 Å². The van der Waals surface area contributed by atoms with Crippen LogP contribution in [0.2, 0.25) is 0 Å². The number of nitrogens with zero attached hydrogens (tertiary/aromatic N) is 5. The van der Waals surface area contributed by atoms with Gasteiger partial charge in [0.05, 0.1) is 12.6 Å². The van der Waals surface area contributed by atoms with E-state index in [1.54, 1.807) is 12.6 Å². The van der Waals surface area contributed by atoms with Gasteiger partial charge in [-0.3, -0.25) is 0 Å². The summed E-state index contributed by atoms with van der Waals surface area (Å²) in [7, 11) is 7.86. The summed E-state index contributed by atoms with van der Waals surface area (Å²) in [5.41, 5.74) is 2.17. The summed E-state index contributed by atoms with van der Waals surface area (Å²) in [6.45, 7) is 0. The number of aliphatic imine (C=N–C) groups is 1. The first-order valence-corrected chi connectivity index (χ1v) is 7.38. The highest BCUT2D eigenvalue weighted by molar-refractivity contribution is 8.13. The van der Waals surface area contributed by atoms with E-state index >= 15 is 0 Å². The van der Waals surface area contributed by atoms with Crippen molar-refractivity contribution < 1.29 is 0 Å².